The summed E-state index contributed by atoms with van der Waals surface area (Å²) in [7, 11) is 0.167. The largest absolute Gasteiger partial charge is 0.337 e. The van der Waals surface area contributed by atoms with Gasteiger partial charge in [0.15, 0.2) is 7.14 Å². The van der Waals surface area contributed by atoms with Crippen LogP contribution in [-0.4, -0.2) is 4.57 Å². The molecule has 4 aromatic rings. The topological polar surface area (TPSA) is 22.0 Å². The van der Waals surface area contributed by atoms with E-state index in [1.165, 1.54) is 5.12 Å². The summed E-state index contributed by atoms with van der Waals surface area (Å²) in [6.45, 7) is 0. The first-order valence-corrected chi connectivity index (χ1v) is 10.4. The zero-order valence-electron chi connectivity index (χ0n) is 13.3. The van der Waals surface area contributed by atoms with Crippen molar-refractivity contribution in [2.75, 3.05) is 0 Å². The van der Waals surface area contributed by atoms with Gasteiger partial charge in [-0.3, -0.25) is 0 Å². The minimum absolute atomic E-state index is 0.887. The molecule has 0 fully saturated rings. The number of rotatable bonds is 3. The van der Waals surface area contributed by atoms with Crippen LogP contribution in [0.2, 0.25) is 0 Å². The molecule has 0 amide bonds. The molecule has 0 unspecified atom stereocenters. The second-order valence-corrected chi connectivity index (χ2v) is 9.90. The summed E-state index contributed by atoms with van der Waals surface area (Å²) in [5, 5.41) is 3.94. The molecule has 4 rings (SSSR count). The lowest BCUT2D eigenvalue weighted by Gasteiger charge is -2.20. The molecular formula is C20H17NOP2. The Kier molecular flexibility index (Phi) is 3.88. The Hall–Kier alpha value is -2.14. The molecule has 1 heterocycles. The van der Waals surface area contributed by atoms with E-state index >= 15 is 0 Å². The molecule has 4 heteroatoms. The van der Waals surface area contributed by atoms with E-state index in [-0.39, 0.29) is 0 Å². The average Bonchev–Trinajstić information content (AvgIpc) is 3.00. The third kappa shape index (κ3) is 2.35. The van der Waals surface area contributed by atoms with E-state index in [2.05, 4.69) is 16.7 Å². The summed E-state index contributed by atoms with van der Waals surface area (Å²) < 4.78 is 16.5. The van der Waals surface area contributed by atoms with Gasteiger partial charge in [0.05, 0.1) is 5.52 Å². The van der Waals surface area contributed by atoms with Crippen LogP contribution in [-0.2, 0) is 11.6 Å². The number of fused-ring (bicyclic) bond motifs is 1. The molecule has 0 bridgehead atoms. The molecule has 0 N–H and O–H groups in total. The van der Waals surface area contributed by atoms with Crippen molar-refractivity contribution in [2.24, 2.45) is 7.05 Å². The van der Waals surface area contributed by atoms with Gasteiger partial charge in [0.25, 0.3) is 0 Å². The Labute approximate surface area is 143 Å². The lowest BCUT2D eigenvalue weighted by Crippen LogP contribution is -2.27. The molecule has 0 spiro atoms. The number of para-hydroxylation sites is 1. The number of nitrogens with zero attached hydrogens (tertiary/aromatic N) is 1. The van der Waals surface area contributed by atoms with Gasteiger partial charge < -0.3 is 9.13 Å². The third-order valence-corrected chi connectivity index (χ3v) is 9.46. The highest BCUT2D eigenvalue weighted by Crippen LogP contribution is 2.46. The summed E-state index contributed by atoms with van der Waals surface area (Å²) in [6, 6.07) is 28.0. The Bertz CT molecular complexity index is 996. The molecule has 0 aliphatic rings. The van der Waals surface area contributed by atoms with Gasteiger partial charge in [-0.05, 0) is 20.3 Å². The number of aryl methyl sites for hydroxylation is 1. The van der Waals surface area contributed by atoms with E-state index < -0.39 is 7.14 Å². The highest BCUT2D eigenvalue weighted by atomic mass is 31.2. The predicted octanol–water partition coefficient (Wildman–Crippen LogP) is 4.40. The molecule has 2 nitrogen and oxygen atoms in total. The number of hydrogen-bond acceptors (Lipinski definition) is 1. The van der Waals surface area contributed by atoms with Crippen molar-refractivity contribution in [1.82, 2.24) is 4.57 Å². The van der Waals surface area contributed by atoms with Gasteiger partial charge in [-0.15, -0.1) is 0 Å². The molecule has 0 aliphatic heterocycles. The molecule has 118 valence electrons. The quantitative estimate of drug-likeness (QED) is 0.503. The van der Waals surface area contributed by atoms with Crippen molar-refractivity contribution in [2.45, 2.75) is 0 Å². The fourth-order valence-electron chi connectivity index (χ4n) is 3.07. The number of hydrogen-bond donors (Lipinski definition) is 0. The fourth-order valence-corrected chi connectivity index (χ4v) is 8.10. The van der Waals surface area contributed by atoms with Crippen molar-refractivity contribution in [3.8, 4) is 0 Å². The summed E-state index contributed by atoms with van der Waals surface area (Å²) in [5.74, 6) is 0. The van der Waals surface area contributed by atoms with E-state index in [1.54, 1.807) is 0 Å². The van der Waals surface area contributed by atoms with Crippen molar-refractivity contribution >= 4 is 41.7 Å². The van der Waals surface area contributed by atoms with E-state index in [1.807, 2.05) is 79.8 Å². The maximum Gasteiger partial charge on any atom is 0.191 e. The minimum atomic E-state index is -2.88. The lowest BCUT2D eigenvalue weighted by molar-refractivity contribution is 0.591. The molecule has 0 saturated heterocycles. The van der Waals surface area contributed by atoms with Crippen LogP contribution >= 0.6 is 15.3 Å². The summed E-state index contributed by atoms with van der Waals surface area (Å²) in [6.07, 6.45) is 0. The zero-order chi connectivity index (χ0) is 16.6. The van der Waals surface area contributed by atoms with Crippen LogP contribution in [0.1, 0.15) is 0 Å². The molecule has 0 saturated carbocycles. The van der Waals surface area contributed by atoms with Crippen molar-refractivity contribution < 1.29 is 4.57 Å². The van der Waals surface area contributed by atoms with E-state index in [0.29, 0.717) is 0 Å². The van der Waals surface area contributed by atoms with Gasteiger partial charge in [0.1, 0.15) is 5.17 Å². The van der Waals surface area contributed by atoms with Gasteiger partial charge >= 0.3 is 0 Å². The molecule has 0 atom stereocenters. The number of aromatic nitrogens is 1. The number of benzene rings is 3. The van der Waals surface area contributed by atoms with Crippen LogP contribution in [0.15, 0.2) is 84.9 Å². The fraction of sp³-hybridized carbons (Fsp3) is 0.0500. The van der Waals surface area contributed by atoms with E-state index in [0.717, 1.165) is 29.5 Å². The van der Waals surface area contributed by atoms with Crippen molar-refractivity contribution in [3.63, 3.8) is 0 Å². The van der Waals surface area contributed by atoms with Crippen LogP contribution in [0, 0.1) is 0 Å². The van der Waals surface area contributed by atoms with Gasteiger partial charge in [-0.25, -0.2) is 0 Å². The SMILES string of the molecule is Cn1c(P(=O)(c2ccccc2)c2ccccc2)pc2ccccc21. The molecule has 24 heavy (non-hydrogen) atoms. The first-order valence-electron chi connectivity index (χ1n) is 7.84. The first kappa shape index (κ1) is 15.4. The normalized spacial score (nSPS) is 12.0. The second-order valence-electron chi connectivity index (χ2n) is 5.74. The first-order chi connectivity index (χ1) is 11.7. The highest BCUT2D eigenvalue weighted by molar-refractivity contribution is 7.90. The molecular weight excluding hydrogens is 332 g/mol. The zero-order valence-corrected chi connectivity index (χ0v) is 15.1. The van der Waals surface area contributed by atoms with Crippen LogP contribution < -0.4 is 15.8 Å². The Morgan fingerprint density at radius 1 is 0.750 bits per heavy atom. The maximum atomic E-state index is 14.4. The average molecular weight is 349 g/mol. The van der Waals surface area contributed by atoms with Gasteiger partial charge in [-0.2, -0.15) is 0 Å². The van der Waals surface area contributed by atoms with Crippen LogP contribution in [0.5, 0.6) is 0 Å². The Balaban J connectivity index is 2.07. The van der Waals surface area contributed by atoms with Gasteiger partial charge in [0.2, 0.25) is 0 Å². The predicted molar refractivity (Wildman–Crippen MR) is 105 cm³/mol. The Morgan fingerprint density at radius 3 is 1.79 bits per heavy atom. The summed E-state index contributed by atoms with van der Waals surface area (Å²) in [5.41, 5.74) is 1.14. The monoisotopic (exact) mass is 349 g/mol. The van der Waals surface area contributed by atoms with E-state index in [9.17, 15) is 4.57 Å². The van der Waals surface area contributed by atoms with Gasteiger partial charge in [0, 0.05) is 22.8 Å². The second kappa shape index (κ2) is 6.06. The third-order valence-electron chi connectivity index (χ3n) is 4.28. The Morgan fingerprint density at radius 2 is 1.25 bits per heavy atom. The molecule has 3 aromatic carbocycles. The molecule has 0 aliphatic carbocycles. The molecule has 0 radical (unpaired) electrons. The van der Waals surface area contributed by atoms with Crippen LogP contribution in [0.25, 0.3) is 10.6 Å². The minimum Gasteiger partial charge on any atom is -0.337 e. The standard InChI is InChI=1S/C20H17NOP2/c1-21-18-14-8-9-15-19(18)23-20(21)24(22,16-10-4-2-5-11-16)17-12-6-3-7-13-17/h2-15H,1H3. The van der Waals surface area contributed by atoms with E-state index in [4.69, 9.17) is 0 Å². The lowest BCUT2D eigenvalue weighted by atomic mass is 10.3. The smallest absolute Gasteiger partial charge is 0.191 e. The molecule has 1 aromatic heterocycles. The van der Waals surface area contributed by atoms with Crippen molar-refractivity contribution in [3.05, 3.63) is 84.9 Å². The van der Waals surface area contributed by atoms with Crippen molar-refractivity contribution in [1.29, 1.82) is 0 Å². The highest BCUT2D eigenvalue weighted by Gasteiger charge is 2.33. The summed E-state index contributed by atoms with van der Waals surface area (Å²) in [4.78, 5) is 0. The van der Waals surface area contributed by atoms with Gasteiger partial charge in [-0.1, -0.05) is 72.8 Å². The van der Waals surface area contributed by atoms with Crippen LogP contribution in [0.3, 0.4) is 0 Å². The van der Waals surface area contributed by atoms with Crippen LogP contribution in [0.4, 0.5) is 0 Å². The summed E-state index contributed by atoms with van der Waals surface area (Å²) >= 11 is 0. The maximum absolute atomic E-state index is 14.4.